The van der Waals surface area contributed by atoms with Crippen molar-refractivity contribution in [2.45, 2.75) is 25.3 Å². The second-order valence-corrected chi connectivity index (χ2v) is 8.01. The molecule has 1 N–H and O–H groups in total. The summed E-state index contributed by atoms with van der Waals surface area (Å²) in [6.07, 6.45) is 6.52. The highest BCUT2D eigenvalue weighted by Crippen LogP contribution is 2.31. The quantitative estimate of drug-likeness (QED) is 0.464. The number of fused-ring (bicyclic) bond motifs is 2. The first kappa shape index (κ1) is 18.8. The zero-order valence-electron chi connectivity index (χ0n) is 16.3. The maximum atomic E-state index is 13.4. The lowest BCUT2D eigenvalue weighted by Crippen LogP contribution is -2.31. The van der Waals surface area contributed by atoms with Gasteiger partial charge in [0.15, 0.2) is 0 Å². The number of halogens is 1. The number of rotatable bonds is 3. The van der Waals surface area contributed by atoms with Crippen molar-refractivity contribution < 1.29 is 4.79 Å². The van der Waals surface area contributed by atoms with E-state index in [1.165, 1.54) is 11.1 Å². The molecule has 0 bridgehead atoms. The van der Waals surface area contributed by atoms with E-state index in [1.54, 1.807) is 24.5 Å². The van der Waals surface area contributed by atoms with Crippen LogP contribution in [0.4, 0.5) is 0 Å². The third-order valence-corrected chi connectivity index (χ3v) is 5.88. The maximum Gasteiger partial charge on any atom is 0.252 e. The number of aryl methyl sites for hydroxylation is 1. The van der Waals surface area contributed by atoms with Crippen LogP contribution >= 0.6 is 11.6 Å². The third-order valence-electron chi connectivity index (χ3n) is 5.65. The molecule has 4 aromatic rings. The molecule has 2 aromatic heterocycles. The molecule has 148 valence electrons. The van der Waals surface area contributed by atoms with Gasteiger partial charge in [-0.15, -0.1) is 0 Å². The van der Waals surface area contributed by atoms with Gasteiger partial charge < -0.3 is 5.32 Å². The van der Waals surface area contributed by atoms with E-state index in [-0.39, 0.29) is 11.9 Å². The number of aromatic nitrogens is 2. The Bertz CT molecular complexity index is 1240. The van der Waals surface area contributed by atoms with Crippen LogP contribution in [0.1, 0.15) is 40.4 Å². The van der Waals surface area contributed by atoms with Crippen LogP contribution in [0.5, 0.6) is 0 Å². The second kappa shape index (κ2) is 7.88. The topological polar surface area (TPSA) is 54.9 Å². The van der Waals surface area contributed by atoms with Crippen molar-refractivity contribution in [1.29, 1.82) is 0 Å². The van der Waals surface area contributed by atoms with Crippen molar-refractivity contribution in [2.75, 3.05) is 0 Å². The minimum Gasteiger partial charge on any atom is -0.345 e. The van der Waals surface area contributed by atoms with E-state index in [2.05, 4.69) is 28.5 Å². The lowest BCUT2D eigenvalue weighted by atomic mass is 9.87. The van der Waals surface area contributed by atoms with Gasteiger partial charge >= 0.3 is 0 Å². The summed E-state index contributed by atoms with van der Waals surface area (Å²) in [6.45, 7) is 0. The minimum absolute atomic E-state index is 0.00620. The highest BCUT2D eigenvalue weighted by atomic mass is 35.5. The van der Waals surface area contributed by atoms with Crippen molar-refractivity contribution in [3.8, 4) is 11.3 Å². The number of carbonyl (C=O) groups excluding carboxylic acids is 1. The number of pyridine rings is 2. The van der Waals surface area contributed by atoms with Gasteiger partial charge in [-0.25, -0.2) is 4.98 Å². The largest absolute Gasteiger partial charge is 0.345 e. The van der Waals surface area contributed by atoms with E-state index in [1.807, 2.05) is 30.3 Å². The van der Waals surface area contributed by atoms with Gasteiger partial charge in [0.05, 0.1) is 22.8 Å². The molecule has 1 atom stereocenters. The Balaban J connectivity index is 1.57. The highest BCUT2D eigenvalue weighted by molar-refractivity contribution is 6.31. The molecule has 0 fully saturated rings. The van der Waals surface area contributed by atoms with E-state index >= 15 is 0 Å². The molecule has 0 spiro atoms. The molecule has 2 aromatic carbocycles. The maximum absolute atomic E-state index is 13.4. The van der Waals surface area contributed by atoms with Gasteiger partial charge in [0, 0.05) is 28.4 Å². The number of amides is 1. The molecule has 5 heteroatoms. The summed E-state index contributed by atoms with van der Waals surface area (Å²) in [6, 6.07) is 19.4. The monoisotopic (exact) mass is 413 g/mol. The molecule has 5 rings (SSSR count). The predicted octanol–water partition coefficient (Wildman–Crippen LogP) is 5.76. The summed E-state index contributed by atoms with van der Waals surface area (Å²) in [4.78, 5) is 22.4. The van der Waals surface area contributed by atoms with E-state index < -0.39 is 0 Å². The summed E-state index contributed by atoms with van der Waals surface area (Å²) >= 11 is 6.24. The fourth-order valence-electron chi connectivity index (χ4n) is 4.19. The molecule has 1 amide bonds. The molecular weight excluding hydrogens is 394 g/mol. The van der Waals surface area contributed by atoms with Crippen LogP contribution in [-0.4, -0.2) is 15.9 Å². The van der Waals surface area contributed by atoms with Gasteiger partial charge in [0.2, 0.25) is 0 Å². The van der Waals surface area contributed by atoms with Gasteiger partial charge in [0.1, 0.15) is 0 Å². The predicted molar refractivity (Wildman–Crippen MR) is 120 cm³/mol. The molecule has 2 heterocycles. The molecule has 0 aliphatic heterocycles. The van der Waals surface area contributed by atoms with E-state index in [9.17, 15) is 4.79 Å². The van der Waals surface area contributed by atoms with Crippen molar-refractivity contribution in [3.63, 3.8) is 0 Å². The summed E-state index contributed by atoms with van der Waals surface area (Å²) < 4.78 is 0. The normalized spacial score (nSPS) is 15.6. The summed E-state index contributed by atoms with van der Waals surface area (Å²) in [5.41, 5.74) is 5.41. The molecule has 4 nitrogen and oxygen atoms in total. The van der Waals surface area contributed by atoms with Crippen LogP contribution in [-0.2, 0) is 6.42 Å². The van der Waals surface area contributed by atoms with Crippen LogP contribution in [0.2, 0.25) is 5.02 Å². The Kier molecular flexibility index (Phi) is 4.93. The lowest BCUT2D eigenvalue weighted by molar-refractivity contribution is 0.0934. The van der Waals surface area contributed by atoms with E-state index in [0.717, 1.165) is 35.7 Å². The van der Waals surface area contributed by atoms with Gasteiger partial charge in [-0.1, -0.05) is 35.9 Å². The first-order chi connectivity index (χ1) is 14.7. The van der Waals surface area contributed by atoms with Gasteiger partial charge in [0.25, 0.3) is 5.91 Å². The number of nitrogens with one attached hydrogen (secondary N) is 1. The average Bonchev–Trinajstić information content (AvgIpc) is 2.79. The number of hydrogen-bond donors (Lipinski definition) is 1. The number of benzene rings is 2. The fraction of sp³-hybridized carbons (Fsp3) is 0.160. The summed E-state index contributed by atoms with van der Waals surface area (Å²) in [5.74, 6) is -0.114. The standard InChI is InChI=1S/C25H20ClN3O/c26-18-10-11-23-20(13-18)21(14-24(28-23)17-7-4-12-27-15-17)25(30)29-22-9-3-6-16-5-1-2-8-19(16)22/h1-2,4-5,7-8,10-15,22H,3,6,9H2,(H,29,30). The molecule has 1 aliphatic rings. The molecule has 1 unspecified atom stereocenters. The van der Waals surface area contributed by atoms with Crippen LogP contribution in [0.25, 0.3) is 22.2 Å². The first-order valence-corrected chi connectivity index (χ1v) is 10.5. The lowest BCUT2D eigenvalue weighted by Gasteiger charge is -2.26. The van der Waals surface area contributed by atoms with Gasteiger partial charge in [-0.05, 0) is 66.8 Å². The van der Waals surface area contributed by atoms with Crippen LogP contribution in [0, 0.1) is 0 Å². The van der Waals surface area contributed by atoms with Crippen LogP contribution in [0.15, 0.2) is 73.1 Å². The summed E-state index contributed by atoms with van der Waals surface area (Å²) in [5, 5.41) is 4.58. The number of carbonyl (C=O) groups is 1. The highest BCUT2D eigenvalue weighted by Gasteiger charge is 2.23. The Morgan fingerprint density at radius 3 is 2.83 bits per heavy atom. The van der Waals surface area contributed by atoms with Crippen molar-refractivity contribution in [2.24, 2.45) is 0 Å². The Labute approximate surface area is 180 Å². The number of hydrogen-bond acceptors (Lipinski definition) is 3. The second-order valence-electron chi connectivity index (χ2n) is 7.58. The van der Waals surface area contributed by atoms with Gasteiger partial charge in [-0.2, -0.15) is 0 Å². The molecule has 0 saturated heterocycles. The zero-order valence-corrected chi connectivity index (χ0v) is 17.1. The molecular formula is C25H20ClN3O. The van der Waals surface area contributed by atoms with Crippen molar-refractivity contribution in [1.82, 2.24) is 15.3 Å². The van der Waals surface area contributed by atoms with E-state index in [0.29, 0.717) is 16.3 Å². The van der Waals surface area contributed by atoms with Crippen LogP contribution < -0.4 is 5.32 Å². The summed E-state index contributed by atoms with van der Waals surface area (Å²) in [7, 11) is 0. The Morgan fingerprint density at radius 1 is 1.07 bits per heavy atom. The smallest absolute Gasteiger partial charge is 0.252 e. The van der Waals surface area contributed by atoms with Crippen molar-refractivity contribution in [3.05, 3.63) is 94.8 Å². The average molecular weight is 414 g/mol. The minimum atomic E-state index is -0.114. The Morgan fingerprint density at radius 2 is 1.97 bits per heavy atom. The van der Waals surface area contributed by atoms with E-state index in [4.69, 9.17) is 16.6 Å². The number of nitrogens with zero attached hydrogens (tertiary/aromatic N) is 2. The first-order valence-electron chi connectivity index (χ1n) is 10.1. The molecule has 1 aliphatic carbocycles. The molecule has 0 radical (unpaired) electrons. The SMILES string of the molecule is O=C(NC1CCCc2ccccc21)c1cc(-c2cccnc2)nc2ccc(Cl)cc12. The van der Waals surface area contributed by atoms with Crippen LogP contribution in [0.3, 0.4) is 0 Å². The molecule has 30 heavy (non-hydrogen) atoms. The third kappa shape index (κ3) is 3.55. The Hall–Kier alpha value is -3.24. The fourth-order valence-corrected chi connectivity index (χ4v) is 4.36. The van der Waals surface area contributed by atoms with Crippen molar-refractivity contribution >= 4 is 28.4 Å². The zero-order chi connectivity index (χ0) is 20.5. The van der Waals surface area contributed by atoms with Gasteiger partial charge in [-0.3, -0.25) is 9.78 Å². The molecule has 0 saturated carbocycles.